The van der Waals surface area contributed by atoms with Crippen molar-refractivity contribution < 1.29 is 31.5 Å². The molecule has 3 aliphatic rings. The lowest BCUT2D eigenvalue weighted by Gasteiger charge is -2.32. The van der Waals surface area contributed by atoms with Crippen LogP contribution in [0.2, 0.25) is 0 Å². The second-order valence-electron chi connectivity index (χ2n) is 10.4. The van der Waals surface area contributed by atoms with Gasteiger partial charge in [0, 0.05) is 44.6 Å². The molecular weight excluding hydrogens is 519 g/mol. The highest BCUT2D eigenvalue weighted by Gasteiger charge is 2.33. The van der Waals surface area contributed by atoms with E-state index in [0.717, 1.165) is 29.0 Å². The molecule has 0 bridgehead atoms. The third-order valence-electron chi connectivity index (χ3n) is 7.73. The van der Waals surface area contributed by atoms with Crippen LogP contribution in [0.15, 0.2) is 54.0 Å². The third-order valence-corrected chi connectivity index (χ3v) is 8.74. The number of allylic oxidation sites excluding steroid dienone is 2. The van der Waals surface area contributed by atoms with Crippen LogP contribution in [-0.4, -0.2) is 61.6 Å². The summed E-state index contributed by atoms with van der Waals surface area (Å²) < 4.78 is 64.7. The van der Waals surface area contributed by atoms with Gasteiger partial charge in [-0.3, -0.25) is 9.69 Å². The van der Waals surface area contributed by atoms with Gasteiger partial charge in [-0.05, 0) is 59.4 Å². The van der Waals surface area contributed by atoms with E-state index in [-0.39, 0.29) is 36.6 Å². The first-order valence-electron chi connectivity index (χ1n) is 12.8. The van der Waals surface area contributed by atoms with Gasteiger partial charge in [-0.2, -0.15) is 13.2 Å². The lowest BCUT2D eigenvalue weighted by molar-refractivity contribution is -0.138. The number of nitrogens with zero attached hydrogens (tertiary/aromatic N) is 2. The molecule has 2 N–H and O–H groups in total. The predicted molar refractivity (Wildman–Crippen MR) is 138 cm³/mol. The fourth-order valence-corrected chi connectivity index (χ4v) is 5.93. The summed E-state index contributed by atoms with van der Waals surface area (Å²) in [6.45, 7) is 7.46. The fourth-order valence-electron chi connectivity index (χ4n) is 5.35. The molecule has 4 rings (SSSR count). The van der Waals surface area contributed by atoms with E-state index in [1.54, 1.807) is 4.90 Å². The topological polar surface area (TPSA) is 90.0 Å². The number of likely N-dealkylation sites (tertiary alicyclic amines) is 1. The third kappa shape index (κ3) is 6.74. The summed E-state index contributed by atoms with van der Waals surface area (Å²) in [7, 11) is -3.48. The van der Waals surface area contributed by atoms with E-state index in [2.05, 4.69) is 11.3 Å². The number of sulfonamides is 1. The zero-order chi connectivity index (χ0) is 27.7. The maximum Gasteiger partial charge on any atom is 0.416 e. The minimum Gasteiger partial charge on any atom is -0.374 e. The highest BCUT2D eigenvalue weighted by molar-refractivity contribution is 7.92. The van der Waals surface area contributed by atoms with Crippen molar-refractivity contribution in [3.8, 4) is 0 Å². The molecule has 0 radical (unpaired) electrons. The van der Waals surface area contributed by atoms with Crippen LogP contribution in [0.5, 0.6) is 0 Å². The minimum atomic E-state index is -4.38. The Morgan fingerprint density at radius 1 is 1.29 bits per heavy atom. The second-order valence-corrected chi connectivity index (χ2v) is 12.1. The number of amides is 1. The van der Waals surface area contributed by atoms with Crippen molar-refractivity contribution in [2.75, 3.05) is 26.2 Å². The zero-order valence-electron chi connectivity index (χ0n) is 21.3. The molecule has 11 heteroatoms. The number of aliphatic hydroxyl groups excluding tert-OH is 1. The highest BCUT2D eigenvalue weighted by Crippen LogP contribution is 2.33. The Bertz CT molecular complexity index is 1230. The molecule has 1 fully saturated rings. The number of benzene rings is 1. The Labute approximate surface area is 221 Å². The Hall–Kier alpha value is -2.47. The molecule has 2 aliphatic heterocycles. The molecule has 7 nitrogen and oxygen atoms in total. The summed E-state index contributed by atoms with van der Waals surface area (Å²) in [4.78, 5) is 16.7. The van der Waals surface area contributed by atoms with Gasteiger partial charge in [-0.1, -0.05) is 37.8 Å². The number of carbonyl (C=O) groups excluding carboxylic acids is 1. The molecular formula is C27H34F3N3O4S. The Kier molecular flexibility index (Phi) is 8.51. The first-order chi connectivity index (χ1) is 17.9. The van der Waals surface area contributed by atoms with Gasteiger partial charge in [0.05, 0.1) is 5.56 Å². The average molecular weight is 554 g/mol. The van der Waals surface area contributed by atoms with Gasteiger partial charge < -0.3 is 10.0 Å². The molecule has 1 amide bonds. The summed E-state index contributed by atoms with van der Waals surface area (Å²) >= 11 is 0. The molecule has 1 saturated heterocycles. The average Bonchev–Trinajstić information content (AvgIpc) is 3.36. The number of rotatable bonds is 8. The van der Waals surface area contributed by atoms with Gasteiger partial charge in [0.25, 0.3) is 0 Å². The summed E-state index contributed by atoms with van der Waals surface area (Å²) in [6.07, 6.45) is 2.00. The number of halogens is 3. The van der Waals surface area contributed by atoms with Crippen LogP contribution in [0, 0.1) is 17.8 Å². The fraction of sp³-hybridized carbons (Fsp3) is 0.519. The van der Waals surface area contributed by atoms with Crippen molar-refractivity contribution in [2.24, 2.45) is 17.8 Å². The molecule has 3 unspecified atom stereocenters. The van der Waals surface area contributed by atoms with Gasteiger partial charge in [0.15, 0.2) is 0 Å². The van der Waals surface area contributed by atoms with E-state index >= 15 is 0 Å². The summed E-state index contributed by atoms with van der Waals surface area (Å²) in [5, 5.41) is 11.8. The largest absolute Gasteiger partial charge is 0.416 e. The van der Waals surface area contributed by atoms with Gasteiger partial charge in [0.2, 0.25) is 15.9 Å². The van der Waals surface area contributed by atoms with Crippen molar-refractivity contribution in [3.05, 3.63) is 70.7 Å². The Morgan fingerprint density at radius 2 is 2.05 bits per heavy atom. The van der Waals surface area contributed by atoms with E-state index in [0.29, 0.717) is 38.2 Å². The van der Waals surface area contributed by atoms with E-state index in [9.17, 15) is 31.5 Å². The first kappa shape index (κ1) is 28.5. The van der Waals surface area contributed by atoms with E-state index in [4.69, 9.17) is 0 Å². The molecule has 208 valence electrons. The Balaban J connectivity index is 1.29. The van der Waals surface area contributed by atoms with Crippen LogP contribution in [0.1, 0.15) is 36.5 Å². The zero-order valence-corrected chi connectivity index (χ0v) is 22.1. The number of fused-ring (bicyclic) bond motifs is 1. The number of aliphatic hydroxyl groups is 1. The summed E-state index contributed by atoms with van der Waals surface area (Å²) in [6, 6.07) is 3.72. The van der Waals surface area contributed by atoms with Crippen LogP contribution in [0.25, 0.3) is 0 Å². The van der Waals surface area contributed by atoms with Crippen LogP contribution >= 0.6 is 0 Å². The monoisotopic (exact) mass is 553 g/mol. The molecule has 0 spiro atoms. The Morgan fingerprint density at radius 3 is 2.74 bits per heavy atom. The standard InChI is InChI=1S/C27H34F3N3O4S/c1-3-38(36,37)31-15-19-8-10-33(16-19)26(35)22-5-4-20(18(2)12-22)14-25(34)32-11-9-21-13-24(27(28,29)30)7-6-23(21)17-32/h3-7,12-13,18-20,26,31,35H,1,8-11,14-17H2,2H3/t18?,19-,20?,26?/m1/s1. The minimum absolute atomic E-state index is 0.0119. The molecule has 1 aromatic rings. The van der Waals surface area contributed by atoms with Crippen molar-refractivity contribution in [1.82, 2.24) is 14.5 Å². The molecule has 0 saturated carbocycles. The molecule has 1 aromatic carbocycles. The van der Waals surface area contributed by atoms with Gasteiger partial charge >= 0.3 is 6.18 Å². The van der Waals surface area contributed by atoms with Crippen LogP contribution < -0.4 is 4.72 Å². The van der Waals surface area contributed by atoms with Crippen LogP contribution in [0.3, 0.4) is 0 Å². The maximum absolute atomic E-state index is 13.0. The predicted octanol–water partition coefficient (Wildman–Crippen LogP) is 3.43. The quantitative estimate of drug-likeness (QED) is 0.515. The highest BCUT2D eigenvalue weighted by atomic mass is 32.2. The molecule has 2 heterocycles. The van der Waals surface area contributed by atoms with Crippen molar-refractivity contribution in [2.45, 2.75) is 45.1 Å². The van der Waals surface area contributed by atoms with Gasteiger partial charge in [-0.25, -0.2) is 13.1 Å². The first-order valence-corrected chi connectivity index (χ1v) is 14.3. The van der Waals surface area contributed by atoms with Crippen molar-refractivity contribution >= 4 is 15.9 Å². The lowest BCUT2D eigenvalue weighted by Crippen LogP contribution is -2.38. The van der Waals surface area contributed by atoms with E-state index < -0.39 is 28.0 Å². The van der Waals surface area contributed by atoms with Gasteiger partial charge in [0.1, 0.15) is 6.23 Å². The SMILES string of the molecule is C=CS(=O)(=O)NC[C@H]1CCN(C(O)C2=CC(C)C(CC(=O)N3CCc4cc(C(F)(F)F)ccc4C3)C=C2)C1. The van der Waals surface area contributed by atoms with Gasteiger partial charge in [-0.15, -0.1) is 0 Å². The lowest BCUT2D eigenvalue weighted by atomic mass is 9.84. The van der Waals surface area contributed by atoms with Crippen LogP contribution in [-0.2, 0) is 34.0 Å². The summed E-state index contributed by atoms with van der Waals surface area (Å²) in [5.74, 6) is 0.00813. The normalized spacial score (nSPS) is 25.1. The number of nitrogens with one attached hydrogen (secondary N) is 1. The summed E-state index contributed by atoms with van der Waals surface area (Å²) in [5.41, 5.74) is 1.47. The second kappa shape index (κ2) is 11.3. The maximum atomic E-state index is 13.0. The molecule has 1 aliphatic carbocycles. The van der Waals surface area contributed by atoms with E-state index in [1.165, 1.54) is 12.1 Å². The molecule has 4 atom stereocenters. The molecule has 38 heavy (non-hydrogen) atoms. The smallest absolute Gasteiger partial charge is 0.374 e. The van der Waals surface area contributed by atoms with Crippen LogP contribution in [0.4, 0.5) is 13.2 Å². The van der Waals surface area contributed by atoms with Crippen molar-refractivity contribution in [1.29, 1.82) is 0 Å². The number of hydrogen-bond acceptors (Lipinski definition) is 5. The molecule has 0 aromatic heterocycles. The van der Waals surface area contributed by atoms with Crippen molar-refractivity contribution in [3.63, 3.8) is 0 Å². The number of hydrogen-bond donors (Lipinski definition) is 2. The number of alkyl halides is 3. The van der Waals surface area contributed by atoms with E-state index in [1.807, 2.05) is 30.1 Å². The number of carbonyl (C=O) groups is 1.